The highest BCUT2D eigenvalue weighted by molar-refractivity contribution is 7.11. The summed E-state index contributed by atoms with van der Waals surface area (Å²) in [5.41, 5.74) is -0.298. The lowest BCUT2D eigenvalue weighted by Crippen LogP contribution is -2.22. The molecule has 4 nitrogen and oxygen atoms in total. The number of hydrogen-bond acceptors (Lipinski definition) is 5. The second kappa shape index (κ2) is 5.70. The maximum absolute atomic E-state index is 5.50. The summed E-state index contributed by atoms with van der Waals surface area (Å²) in [5, 5.41) is 13.7. The largest absolute Gasteiger partial charge is 0.371 e. The minimum atomic E-state index is -0.298. The number of hydrogen-bond donors (Lipinski definition) is 1. The van der Waals surface area contributed by atoms with Crippen LogP contribution in [0.1, 0.15) is 44.1 Å². The Bertz CT molecular complexity index is 321. The molecule has 0 radical (unpaired) electrons. The highest BCUT2D eigenvalue weighted by atomic mass is 32.1. The summed E-state index contributed by atoms with van der Waals surface area (Å²) < 4.78 is 5.50. The van der Waals surface area contributed by atoms with Crippen LogP contribution in [-0.4, -0.2) is 23.3 Å². The van der Waals surface area contributed by atoms with Crippen molar-refractivity contribution in [3.05, 3.63) is 10.0 Å². The second-order valence-electron chi connectivity index (χ2n) is 4.33. The van der Waals surface area contributed by atoms with Crippen LogP contribution in [0.2, 0.25) is 0 Å². The fraction of sp³-hybridized carbons (Fsp3) is 0.818. The normalized spacial score (nSPS) is 15.4. The van der Waals surface area contributed by atoms with Gasteiger partial charge in [0.15, 0.2) is 0 Å². The third kappa shape index (κ3) is 3.23. The van der Waals surface area contributed by atoms with E-state index < -0.39 is 0 Å². The fourth-order valence-electron chi connectivity index (χ4n) is 1.21. The lowest BCUT2D eigenvalue weighted by Gasteiger charge is -2.22. The fourth-order valence-corrected chi connectivity index (χ4v) is 2.20. The Morgan fingerprint density at radius 3 is 2.62 bits per heavy atom. The van der Waals surface area contributed by atoms with Gasteiger partial charge >= 0.3 is 0 Å². The molecule has 92 valence electrons. The smallest absolute Gasteiger partial charge is 0.149 e. The van der Waals surface area contributed by atoms with Crippen molar-refractivity contribution in [2.24, 2.45) is 0 Å². The van der Waals surface area contributed by atoms with E-state index in [1.807, 2.05) is 6.92 Å². The topological polar surface area (TPSA) is 47.0 Å². The van der Waals surface area contributed by atoms with Gasteiger partial charge in [-0.3, -0.25) is 0 Å². The van der Waals surface area contributed by atoms with Gasteiger partial charge in [0.1, 0.15) is 15.6 Å². The number of ether oxygens (including phenoxy) is 1. The molecular formula is C11H21N3OS. The van der Waals surface area contributed by atoms with Crippen molar-refractivity contribution >= 4 is 11.3 Å². The Hall–Kier alpha value is -0.520. The first kappa shape index (κ1) is 13.5. The summed E-state index contributed by atoms with van der Waals surface area (Å²) in [7, 11) is 1.72. The molecule has 1 aromatic rings. The van der Waals surface area contributed by atoms with Crippen LogP contribution < -0.4 is 5.32 Å². The highest BCUT2D eigenvalue weighted by Gasteiger charge is 2.28. The van der Waals surface area contributed by atoms with E-state index in [0.717, 1.165) is 23.0 Å². The quantitative estimate of drug-likeness (QED) is 0.833. The van der Waals surface area contributed by atoms with E-state index in [9.17, 15) is 0 Å². The molecule has 0 saturated carbocycles. The van der Waals surface area contributed by atoms with Crippen molar-refractivity contribution in [2.45, 2.75) is 52.3 Å². The van der Waals surface area contributed by atoms with E-state index >= 15 is 0 Å². The van der Waals surface area contributed by atoms with Crippen molar-refractivity contribution < 1.29 is 4.74 Å². The van der Waals surface area contributed by atoms with Crippen molar-refractivity contribution in [2.75, 3.05) is 7.11 Å². The van der Waals surface area contributed by atoms with Crippen molar-refractivity contribution in [3.63, 3.8) is 0 Å². The first-order valence-corrected chi connectivity index (χ1v) is 6.45. The van der Waals surface area contributed by atoms with Crippen LogP contribution in [0.4, 0.5) is 0 Å². The molecule has 0 aliphatic rings. The zero-order valence-corrected chi connectivity index (χ0v) is 11.5. The van der Waals surface area contributed by atoms with Crippen LogP contribution in [-0.2, 0) is 16.9 Å². The summed E-state index contributed by atoms with van der Waals surface area (Å²) >= 11 is 1.62. The van der Waals surface area contributed by atoms with Gasteiger partial charge in [-0.1, -0.05) is 32.1 Å². The van der Waals surface area contributed by atoms with Gasteiger partial charge in [-0.2, -0.15) is 0 Å². The highest BCUT2D eigenvalue weighted by Crippen LogP contribution is 2.30. The molecule has 0 spiro atoms. The third-order valence-electron chi connectivity index (χ3n) is 2.71. The maximum Gasteiger partial charge on any atom is 0.149 e. The molecule has 0 bridgehead atoms. The molecule has 5 heteroatoms. The molecule has 1 heterocycles. The predicted octanol–water partition coefficient (Wildman–Crippen LogP) is 2.31. The molecule has 0 saturated heterocycles. The molecular weight excluding hydrogens is 222 g/mol. The summed E-state index contributed by atoms with van der Waals surface area (Å²) in [6.45, 7) is 9.16. The zero-order chi connectivity index (χ0) is 12.2. The van der Waals surface area contributed by atoms with Crippen LogP contribution >= 0.6 is 11.3 Å². The van der Waals surface area contributed by atoms with E-state index in [1.165, 1.54) is 0 Å². The van der Waals surface area contributed by atoms with Gasteiger partial charge in [0.2, 0.25) is 0 Å². The number of nitrogens with one attached hydrogen (secondary N) is 1. The number of methoxy groups -OCH3 is 1. The molecule has 1 N–H and O–H groups in total. The van der Waals surface area contributed by atoms with Crippen molar-refractivity contribution in [3.8, 4) is 0 Å². The van der Waals surface area contributed by atoms with Crippen LogP contribution in [0, 0.1) is 0 Å². The monoisotopic (exact) mass is 243 g/mol. The molecule has 0 aliphatic heterocycles. The minimum absolute atomic E-state index is 0.298. The van der Waals surface area contributed by atoms with E-state index in [-0.39, 0.29) is 5.60 Å². The maximum atomic E-state index is 5.50. The van der Waals surface area contributed by atoms with Crippen molar-refractivity contribution in [1.29, 1.82) is 0 Å². The summed E-state index contributed by atoms with van der Waals surface area (Å²) in [5.74, 6) is 0. The van der Waals surface area contributed by atoms with Gasteiger partial charge in [0.05, 0.1) is 0 Å². The molecule has 0 aromatic carbocycles. The Morgan fingerprint density at radius 2 is 2.12 bits per heavy atom. The third-order valence-corrected chi connectivity index (χ3v) is 3.87. The summed E-state index contributed by atoms with van der Waals surface area (Å²) in [4.78, 5) is 0. The first-order valence-electron chi connectivity index (χ1n) is 5.63. The molecule has 1 aromatic heterocycles. The van der Waals surface area contributed by atoms with Crippen molar-refractivity contribution in [1.82, 2.24) is 15.5 Å². The van der Waals surface area contributed by atoms with E-state index in [2.05, 4.69) is 36.3 Å². The molecule has 1 unspecified atom stereocenters. The summed E-state index contributed by atoms with van der Waals surface area (Å²) in [6, 6.07) is 0.465. The lowest BCUT2D eigenvalue weighted by molar-refractivity contribution is -0.00207. The summed E-state index contributed by atoms with van der Waals surface area (Å²) in [6.07, 6.45) is 0.899. The average molecular weight is 243 g/mol. The minimum Gasteiger partial charge on any atom is -0.371 e. The van der Waals surface area contributed by atoms with Crippen LogP contribution in [0.5, 0.6) is 0 Å². The average Bonchev–Trinajstić information content (AvgIpc) is 2.74. The van der Waals surface area contributed by atoms with E-state index in [0.29, 0.717) is 6.04 Å². The second-order valence-corrected chi connectivity index (χ2v) is 5.39. The van der Waals surface area contributed by atoms with Gasteiger partial charge in [-0.15, -0.1) is 10.2 Å². The number of nitrogens with zero attached hydrogens (tertiary/aromatic N) is 2. The lowest BCUT2D eigenvalue weighted by atomic mass is 10.1. The predicted molar refractivity (Wildman–Crippen MR) is 66.5 cm³/mol. The molecule has 1 atom stereocenters. The Kier molecular flexibility index (Phi) is 4.83. The standard InChI is InChI=1S/C11H21N3OS/c1-6-11(4,15-5)10-14-13-9(16-10)7-12-8(2)3/h8,12H,6-7H2,1-5H3. The van der Waals surface area contributed by atoms with Crippen LogP contribution in [0.3, 0.4) is 0 Å². The van der Waals surface area contributed by atoms with E-state index in [4.69, 9.17) is 4.74 Å². The van der Waals surface area contributed by atoms with Gasteiger partial charge in [-0.05, 0) is 13.3 Å². The Labute approximate surface area is 101 Å². The number of rotatable bonds is 6. The Balaban J connectivity index is 2.70. The van der Waals surface area contributed by atoms with Gasteiger partial charge in [0, 0.05) is 19.7 Å². The SMILES string of the molecule is CCC(C)(OC)c1nnc(CNC(C)C)s1. The Morgan fingerprint density at radius 1 is 1.44 bits per heavy atom. The molecule has 0 amide bonds. The first-order chi connectivity index (χ1) is 7.51. The molecule has 0 fully saturated rings. The van der Waals surface area contributed by atoms with Crippen LogP contribution in [0.25, 0.3) is 0 Å². The van der Waals surface area contributed by atoms with E-state index in [1.54, 1.807) is 18.4 Å². The van der Waals surface area contributed by atoms with Gasteiger partial charge in [0.25, 0.3) is 0 Å². The number of aromatic nitrogens is 2. The molecule has 1 rings (SSSR count). The van der Waals surface area contributed by atoms with Gasteiger partial charge in [-0.25, -0.2) is 0 Å². The van der Waals surface area contributed by atoms with Crippen LogP contribution in [0.15, 0.2) is 0 Å². The molecule has 0 aliphatic carbocycles. The molecule has 16 heavy (non-hydrogen) atoms. The zero-order valence-electron chi connectivity index (χ0n) is 10.7. The van der Waals surface area contributed by atoms with Gasteiger partial charge < -0.3 is 10.1 Å².